The summed E-state index contributed by atoms with van der Waals surface area (Å²) in [7, 11) is 0. The van der Waals surface area contributed by atoms with Gasteiger partial charge in [-0.3, -0.25) is 0 Å². The smallest absolute Gasteiger partial charge is 0.149 e. The number of hydrogen-bond acceptors (Lipinski definition) is 1. The molecule has 0 spiro atoms. The zero-order chi connectivity index (χ0) is 11.8. The topological polar surface area (TPSA) is 26.0 Å². The largest absolute Gasteiger partial charge is 0.321 e. The highest BCUT2D eigenvalue weighted by atomic mass is 35.5. The predicted octanol–water partition coefficient (Wildman–Crippen LogP) is 3.74. The molecule has 88 valence electrons. The third-order valence-corrected chi connectivity index (χ3v) is 3.66. The summed E-state index contributed by atoms with van der Waals surface area (Å²) in [5.74, 6) is -1.44. The minimum Gasteiger partial charge on any atom is -0.321 e. The van der Waals surface area contributed by atoms with Gasteiger partial charge in [-0.05, 0) is 18.9 Å². The molecule has 2 N–H and O–H groups in total. The van der Waals surface area contributed by atoms with Crippen molar-refractivity contribution in [3.63, 3.8) is 0 Å². The Morgan fingerprint density at radius 3 is 2.38 bits per heavy atom. The van der Waals surface area contributed by atoms with Gasteiger partial charge >= 0.3 is 0 Å². The van der Waals surface area contributed by atoms with Gasteiger partial charge in [-0.25, -0.2) is 8.78 Å². The monoisotopic (exact) mass is 245 g/mol. The van der Waals surface area contributed by atoms with Crippen LogP contribution in [0.2, 0.25) is 5.02 Å². The summed E-state index contributed by atoms with van der Waals surface area (Å²) in [6.07, 6.45) is 4.53. The Morgan fingerprint density at radius 1 is 1.12 bits per heavy atom. The van der Waals surface area contributed by atoms with E-state index in [9.17, 15) is 8.78 Å². The lowest BCUT2D eigenvalue weighted by atomic mass is 9.77. The van der Waals surface area contributed by atoms with E-state index in [-0.39, 0.29) is 0 Å². The first-order chi connectivity index (χ1) is 7.54. The van der Waals surface area contributed by atoms with E-state index in [0.717, 1.165) is 32.1 Å². The quantitative estimate of drug-likeness (QED) is 0.750. The molecule has 0 bridgehead atoms. The molecule has 0 atom stereocenters. The average molecular weight is 246 g/mol. The van der Waals surface area contributed by atoms with E-state index in [1.165, 1.54) is 12.1 Å². The van der Waals surface area contributed by atoms with E-state index < -0.39 is 22.2 Å². The summed E-state index contributed by atoms with van der Waals surface area (Å²) in [5.41, 5.74) is 5.84. The van der Waals surface area contributed by atoms with Gasteiger partial charge in [-0.15, -0.1) is 0 Å². The Morgan fingerprint density at radius 2 is 1.75 bits per heavy atom. The van der Waals surface area contributed by atoms with Crippen LogP contribution in [0.3, 0.4) is 0 Å². The van der Waals surface area contributed by atoms with Crippen LogP contribution in [-0.2, 0) is 5.54 Å². The van der Waals surface area contributed by atoms with Crippen molar-refractivity contribution in [1.29, 1.82) is 0 Å². The first-order valence-corrected chi connectivity index (χ1v) is 5.85. The molecule has 16 heavy (non-hydrogen) atoms. The van der Waals surface area contributed by atoms with Gasteiger partial charge in [-0.2, -0.15) is 0 Å². The van der Waals surface area contributed by atoms with Crippen molar-refractivity contribution in [1.82, 2.24) is 0 Å². The third-order valence-electron chi connectivity index (χ3n) is 3.32. The van der Waals surface area contributed by atoms with Gasteiger partial charge in [0.25, 0.3) is 0 Å². The number of hydrogen-bond donors (Lipinski definition) is 1. The maximum absolute atomic E-state index is 13.8. The average Bonchev–Trinajstić information content (AvgIpc) is 2.27. The lowest BCUT2D eigenvalue weighted by molar-refractivity contribution is 0.292. The molecule has 1 saturated carbocycles. The highest BCUT2D eigenvalue weighted by Gasteiger charge is 2.33. The van der Waals surface area contributed by atoms with Gasteiger partial charge < -0.3 is 5.73 Å². The Hall–Kier alpha value is -0.670. The van der Waals surface area contributed by atoms with Crippen molar-refractivity contribution >= 4 is 11.6 Å². The van der Waals surface area contributed by atoms with E-state index in [4.69, 9.17) is 17.3 Å². The molecule has 0 aliphatic heterocycles. The number of nitrogens with two attached hydrogens (primary N) is 1. The second-order valence-electron chi connectivity index (χ2n) is 4.44. The summed E-state index contributed by atoms with van der Waals surface area (Å²) in [4.78, 5) is 0. The fourth-order valence-electron chi connectivity index (χ4n) is 2.36. The molecule has 0 unspecified atom stereocenters. The highest BCUT2D eigenvalue weighted by Crippen LogP contribution is 2.38. The van der Waals surface area contributed by atoms with Crippen molar-refractivity contribution < 1.29 is 8.78 Å². The van der Waals surface area contributed by atoms with Crippen LogP contribution in [0, 0.1) is 11.6 Å². The summed E-state index contributed by atoms with van der Waals surface area (Å²) in [6.45, 7) is 0. The Labute approximate surface area is 98.6 Å². The Bertz CT molecular complexity index is 400. The summed E-state index contributed by atoms with van der Waals surface area (Å²) >= 11 is 5.56. The first kappa shape index (κ1) is 11.8. The second kappa shape index (κ2) is 4.30. The summed E-state index contributed by atoms with van der Waals surface area (Å²) < 4.78 is 26.9. The minimum absolute atomic E-state index is 0.346. The molecule has 1 aliphatic rings. The van der Waals surface area contributed by atoms with Crippen LogP contribution in [-0.4, -0.2) is 0 Å². The second-order valence-corrected chi connectivity index (χ2v) is 4.82. The molecule has 0 radical (unpaired) electrons. The molecule has 1 nitrogen and oxygen atoms in total. The van der Waals surface area contributed by atoms with Crippen LogP contribution in [0.15, 0.2) is 12.1 Å². The van der Waals surface area contributed by atoms with Crippen molar-refractivity contribution in [2.75, 3.05) is 0 Å². The van der Waals surface area contributed by atoms with Gasteiger partial charge in [0.2, 0.25) is 0 Å². The van der Waals surface area contributed by atoms with Crippen LogP contribution in [0.25, 0.3) is 0 Å². The Balaban J connectivity index is 2.43. The zero-order valence-electron chi connectivity index (χ0n) is 8.90. The molecular weight excluding hydrogens is 232 g/mol. The molecule has 1 aromatic rings. The van der Waals surface area contributed by atoms with Gasteiger partial charge in [-0.1, -0.05) is 36.9 Å². The van der Waals surface area contributed by atoms with Crippen LogP contribution in [0.1, 0.15) is 37.7 Å². The molecule has 2 rings (SSSR count). The molecule has 0 heterocycles. The molecular formula is C12H14ClF2N. The van der Waals surface area contributed by atoms with Gasteiger partial charge in [0.05, 0.1) is 0 Å². The van der Waals surface area contributed by atoms with E-state index in [0.29, 0.717) is 5.56 Å². The van der Waals surface area contributed by atoms with Crippen molar-refractivity contribution in [2.45, 2.75) is 37.6 Å². The molecule has 0 saturated heterocycles. The van der Waals surface area contributed by atoms with Crippen LogP contribution in [0.4, 0.5) is 8.78 Å². The molecule has 0 aromatic heterocycles. The molecule has 0 amide bonds. The summed E-state index contributed by atoms with van der Waals surface area (Å²) in [5, 5.41) is -0.451. The van der Waals surface area contributed by atoms with E-state index >= 15 is 0 Å². The standard InChI is InChI=1S/C12H14ClF2N/c13-10-9(14)5-4-8(11(10)15)12(16)6-2-1-3-7-12/h4-5H,1-3,6-7,16H2. The summed E-state index contributed by atoms with van der Waals surface area (Å²) in [6, 6.07) is 2.60. The van der Waals surface area contributed by atoms with E-state index in [1.54, 1.807) is 0 Å². The molecule has 1 aliphatic carbocycles. The maximum Gasteiger partial charge on any atom is 0.149 e. The van der Waals surface area contributed by atoms with Crippen LogP contribution >= 0.6 is 11.6 Å². The number of halogens is 3. The van der Waals surface area contributed by atoms with Gasteiger partial charge in [0.15, 0.2) is 0 Å². The Kier molecular flexibility index (Phi) is 3.17. The molecule has 1 aromatic carbocycles. The lowest BCUT2D eigenvalue weighted by Crippen LogP contribution is -2.39. The normalized spacial score (nSPS) is 19.8. The van der Waals surface area contributed by atoms with E-state index in [1.807, 2.05) is 0 Å². The number of rotatable bonds is 1. The van der Waals surface area contributed by atoms with Crippen LogP contribution in [0.5, 0.6) is 0 Å². The maximum atomic E-state index is 13.8. The van der Waals surface area contributed by atoms with Crippen molar-refractivity contribution in [2.24, 2.45) is 5.73 Å². The van der Waals surface area contributed by atoms with Crippen LogP contribution < -0.4 is 5.73 Å². The minimum atomic E-state index is -0.734. The molecule has 1 fully saturated rings. The molecule has 4 heteroatoms. The van der Waals surface area contributed by atoms with Crippen molar-refractivity contribution in [3.05, 3.63) is 34.4 Å². The van der Waals surface area contributed by atoms with E-state index in [2.05, 4.69) is 0 Å². The third kappa shape index (κ3) is 1.94. The highest BCUT2D eigenvalue weighted by molar-refractivity contribution is 6.31. The lowest BCUT2D eigenvalue weighted by Gasteiger charge is -2.34. The van der Waals surface area contributed by atoms with Gasteiger partial charge in [0.1, 0.15) is 16.7 Å². The fraction of sp³-hybridized carbons (Fsp3) is 0.500. The SMILES string of the molecule is NC1(c2ccc(F)c(Cl)c2F)CCCCC1. The first-order valence-electron chi connectivity index (χ1n) is 5.47. The van der Waals surface area contributed by atoms with Gasteiger partial charge in [0, 0.05) is 11.1 Å². The number of benzene rings is 1. The zero-order valence-corrected chi connectivity index (χ0v) is 9.66. The fourth-order valence-corrected chi connectivity index (χ4v) is 2.53. The van der Waals surface area contributed by atoms with Crippen molar-refractivity contribution in [3.8, 4) is 0 Å². The predicted molar refractivity (Wildman–Crippen MR) is 60.3 cm³/mol.